The van der Waals surface area contributed by atoms with E-state index in [-0.39, 0.29) is 5.52 Å². The third kappa shape index (κ3) is 3.99. The normalized spacial score (nSPS) is 16.0. The molecule has 0 saturated carbocycles. The van der Waals surface area contributed by atoms with Crippen LogP contribution in [-0.4, -0.2) is 34.5 Å². The first kappa shape index (κ1) is 18.8. The van der Waals surface area contributed by atoms with E-state index in [1.165, 1.54) is 6.07 Å². The monoisotopic (exact) mass is 386 g/mol. The van der Waals surface area contributed by atoms with E-state index in [9.17, 15) is 8.78 Å². The van der Waals surface area contributed by atoms with Crippen LogP contribution in [0.5, 0.6) is 0 Å². The van der Waals surface area contributed by atoms with Crippen LogP contribution < -0.4 is 5.32 Å². The molecule has 2 aromatic heterocycles. The molecule has 1 saturated heterocycles. The maximum atomic E-state index is 13.9. The van der Waals surface area contributed by atoms with Crippen molar-refractivity contribution in [2.45, 2.75) is 33.2 Å². The maximum absolute atomic E-state index is 13.9. The summed E-state index contributed by atoms with van der Waals surface area (Å²) in [4.78, 5) is 10.8. The molecule has 4 rings (SSSR count). The molecule has 5 nitrogen and oxygen atoms in total. The fraction of sp³-hybridized carbons (Fsp3) is 0.429. The van der Waals surface area contributed by atoms with Gasteiger partial charge in [-0.05, 0) is 57.8 Å². The molecule has 28 heavy (non-hydrogen) atoms. The number of oxazole rings is 1. The fourth-order valence-corrected chi connectivity index (χ4v) is 3.73. The second-order valence-corrected chi connectivity index (χ2v) is 7.49. The highest BCUT2D eigenvalue weighted by molar-refractivity contribution is 5.91. The highest BCUT2D eigenvalue weighted by atomic mass is 19.1. The van der Waals surface area contributed by atoms with Gasteiger partial charge >= 0.3 is 0 Å². The van der Waals surface area contributed by atoms with E-state index in [2.05, 4.69) is 20.2 Å². The van der Waals surface area contributed by atoms with Gasteiger partial charge in [-0.1, -0.05) is 0 Å². The predicted molar refractivity (Wildman–Crippen MR) is 104 cm³/mol. The van der Waals surface area contributed by atoms with Gasteiger partial charge in [0.2, 0.25) is 5.89 Å². The Morgan fingerprint density at radius 2 is 2.00 bits per heavy atom. The topological polar surface area (TPSA) is 54.2 Å². The number of hydrogen-bond acceptors (Lipinski definition) is 5. The third-order valence-corrected chi connectivity index (χ3v) is 5.48. The van der Waals surface area contributed by atoms with Gasteiger partial charge in [-0.3, -0.25) is 9.88 Å². The van der Waals surface area contributed by atoms with Crippen LogP contribution in [0, 0.1) is 31.4 Å². The number of nitrogens with zero attached hydrogens (tertiary/aromatic N) is 3. The summed E-state index contributed by atoms with van der Waals surface area (Å²) in [5.41, 5.74) is 1.86. The molecular weight excluding hydrogens is 362 g/mol. The van der Waals surface area contributed by atoms with Crippen LogP contribution in [-0.2, 0) is 6.54 Å². The Kier molecular flexibility index (Phi) is 5.26. The molecule has 1 aliphatic heterocycles. The first-order valence-corrected chi connectivity index (χ1v) is 9.62. The minimum atomic E-state index is -0.635. The molecule has 1 N–H and O–H groups in total. The van der Waals surface area contributed by atoms with Crippen molar-refractivity contribution in [2.24, 2.45) is 5.92 Å². The van der Waals surface area contributed by atoms with E-state index in [4.69, 9.17) is 4.42 Å². The number of aromatic nitrogens is 2. The number of piperidine rings is 1. The van der Waals surface area contributed by atoms with Gasteiger partial charge in [-0.15, -0.1) is 0 Å². The average molecular weight is 386 g/mol. The maximum Gasteiger partial charge on any atom is 0.208 e. The molecule has 0 atom stereocenters. The summed E-state index contributed by atoms with van der Waals surface area (Å²) in [6.07, 6.45) is 3.66. The zero-order valence-electron chi connectivity index (χ0n) is 16.1. The van der Waals surface area contributed by atoms with Crippen molar-refractivity contribution in [3.8, 4) is 0 Å². The number of benzene rings is 1. The zero-order valence-corrected chi connectivity index (χ0v) is 16.1. The lowest BCUT2D eigenvalue weighted by Gasteiger charge is -2.31. The number of rotatable bonds is 5. The highest BCUT2D eigenvalue weighted by Crippen LogP contribution is 2.26. The van der Waals surface area contributed by atoms with Crippen LogP contribution in [0.2, 0.25) is 0 Å². The largest absolute Gasteiger partial charge is 0.444 e. The summed E-state index contributed by atoms with van der Waals surface area (Å²) in [5, 5.41) is 3.84. The van der Waals surface area contributed by atoms with E-state index in [1.54, 1.807) is 12.3 Å². The Hall–Kier alpha value is -2.54. The van der Waals surface area contributed by atoms with E-state index in [0.29, 0.717) is 11.3 Å². The van der Waals surface area contributed by atoms with E-state index >= 15 is 0 Å². The van der Waals surface area contributed by atoms with Gasteiger partial charge in [0.15, 0.2) is 5.82 Å². The smallest absolute Gasteiger partial charge is 0.208 e. The summed E-state index contributed by atoms with van der Waals surface area (Å²) < 4.78 is 33.2. The van der Waals surface area contributed by atoms with Crippen LogP contribution in [0.3, 0.4) is 0 Å². The number of nitrogens with one attached hydrogen (secondary N) is 1. The minimum absolute atomic E-state index is 0.192. The molecule has 0 spiro atoms. The summed E-state index contributed by atoms with van der Waals surface area (Å²) in [6.45, 7) is 7.36. The molecule has 3 aromatic rings. The fourth-order valence-electron chi connectivity index (χ4n) is 3.73. The average Bonchev–Trinajstić information content (AvgIpc) is 2.98. The van der Waals surface area contributed by atoms with Crippen molar-refractivity contribution in [3.63, 3.8) is 0 Å². The van der Waals surface area contributed by atoms with Crippen LogP contribution in [0.1, 0.15) is 30.2 Å². The van der Waals surface area contributed by atoms with Crippen LogP contribution >= 0.6 is 0 Å². The van der Waals surface area contributed by atoms with E-state index in [1.807, 2.05) is 13.8 Å². The van der Waals surface area contributed by atoms with Crippen LogP contribution in [0.4, 0.5) is 14.5 Å². The number of likely N-dealkylation sites (tertiary alicyclic amines) is 1. The summed E-state index contributed by atoms with van der Waals surface area (Å²) in [5.74, 6) is 0.937. The van der Waals surface area contributed by atoms with Crippen molar-refractivity contribution < 1.29 is 13.2 Å². The summed E-state index contributed by atoms with van der Waals surface area (Å²) in [6, 6.07) is 3.96. The Balaban J connectivity index is 1.34. The second kappa shape index (κ2) is 7.83. The number of anilines is 1. The van der Waals surface area contributed by atoms with Crippen LogP contribution in [0.15, 0.2) is 28.8 Å². The van der Waals surface area contributed by atoms with Crippen LogP contribution in [0.25, 0.3) is 10.9 Å². The number of halogens is 2. The lowest BCUT2D eigenvalue weighted by Crippen LogP contribution is -2.35. The Bertz CT molecular complexity index is 960. The van der Waals surface area contributed by atoms with Crippen molar-refractivity contribution in [1.82, 2.24) is 14.9 Å². The number of pyridine rings is 1. The molecule has 148 valence electrons. The lowest BCUT2D eigenvalue weighted by molar-refractivity contribution is 0.167. The molecular formula is C21H24F2N4O. The zero-order chi connectivity index (χ0) is 19.7. The van der Waals surface area contributed by atoms with Crippen molar-refractivity contribution in [1.29, 1.82) is 0 Å². The van der Waals surface area contributed by atoms with E-state index in [0.717, 1.165) is 68.1 Å². The van der Waals surface area contributed by atoms with Gasteiger partial charge in [0.1, 0.15) is 17.1 Å². The standard InChI is InChI=1S/C21H24F2N4O/c1-13-14(2)28-20(26-13)12-27-7-4-15(5-8-27)11-25-19-3-6-24-21-17(19)9-16(22)10-18(21)23/h3,6,9-10,15H,4-5,7-8,11-12H2,1-2H3,(H,24,25). The molecule has 0 unspecified atom stereocenters. The lowest BCUT2D eigenvalue weighted by atomic mass is 9.96. The molecule has 1 aliphatic rings. The highest BCUT2D eigenvalue weighted by Gasteiger charge is 2.21. The quantitative estimate of drug-likeness (QED) is 0.702. The molecule has 0 aliphatic carbocycles. The minimum Gasteiger partial charge on any atom is -0.444 e. The van der Waals surface area contributed by atoms with Crippen molar-refractivity contribution >= 4 is 16.6 Å². The van der Waals surface area contributed by atoms with E-state index < -0.39 is 11.6 Å². The molecule has 0 amide bonds. The Labute approximate surface area is 162 Å². The third-order valence-electron chi connectivity index (χ3n) is 5.48. The SMILES string of the molecule is Cc1nc(CN2CCC(CNc3ccnc4c(F)cc(F)cc34)CC2)oc1C. The first-order valence-electron chi connectivity index (χ1n) is 9.62. The van der Waals surface area contributed by atoms with Crippen molar-refractivity contribution in [2.75, 3.05) is 25.0 Å². The Morgan fingerprint density at radius 1 is 1.21 bits per heavy atom. The van der Waals surface area contributed by atoms with Gasteiger partial charge in [0, 0.05) is 29.9 Å². The molecule has 7 heteroatoms. The van der Waals surface area contributed by atoms with Crippen molar-refractivity contribution in [3.05, 3.63) is 53.4 Å². The number of fused-ring (bicyclic) bond motifs is 1. The van der Waals surface area contributed by atoms with Gasteiger partial charge in [0.05, 0.1) is 12.2 Å². The van der Waals surface area contributed by atoms with Gasteiger partial charge in [-0.25, -0.2) is 13.8 Å². The molecule has 1 fully saturated rings. The first-order chi connectivity index (χ1) is 13.5. The van der Waals surface area contributed by atoms with Gasteiger partial charge in [-0.2, -0.15) is 0 Å². The number of hydrogen-bond donors (Lipinski definition) is 1. The summed E-state index contributed by atoms with van der Waals surface area (Å²) >= 11 is 0. The molecule has 1 aromatic carbocycles. The molecule has 0 radical (unpaired) electrons. The Morgan fingerprint density at radius 3 is 2.71 bits per heavy atom. The number of aryl methyl sites for hydroxylation is 2. The molecule has 3 heterocycles. The van der Waals surface area contributed by atoms with Gasteiger partial charge in [0.25, 0.3) is 0 Å². The predicted octanol–water partition coefficient (Wildman–Crippen LogP) is 4.44. The summed E-state index contributed by atoms with van der Waals surface area (Å²) in [7, 11) is 0. The molecule has 0 bridgehead atoms. The second-order valence-electron chi connectivity index (χ2n) is 7.49. The van der Waals surface area contributed by atoms with Gasteiger partial charge < -0.3 is 9.73 Å².